The Hall–Kier alpha value is -3.26. The first-order valence-corrected chi connectivity index (χ1v) is 13.7. The van der Waals surface area contributed by atoms with E-state index in [1.165, 1.54) is 49.6 Å². The number of carbonyl (C=O) groups excluding carboxylic acids is 1. The molecular weight excluding hydrogens is 600 g/mol. The van der Waals surface area contributed by atoms with Crippen LogP contribution in [0.15, 0.2) is 59.6 Å². The molecule has 0 unspecified atom stereocenters. The van der Waals surface area contributed by atoms with Crippen LogP contribution in [0.4, 0.5) is 23.7 Å². The molecular formula is C25H23Cl2F3N2O7S. The maximum Gasteiger partial charge on any atom is 0.430 e. The summed E-state index contributed by atoms with van der Waals surface area (Å²) in [7, 11) is -3.21. The fourth-order valence-electron chi connectivity index (χ4n) is 3.31. The molecule has 3 rings (SSSR count). The van der Waals surface area contributed by atoms with Crippen molar-refractivity contribution in [1.82, 2.24) is 4.98 Å². The fourth-order valence-corrected chi connectivity index (χ4v) is 4.85. The van der Waals surface area contributed by atoms with E-state index in [0.29, 0.717) is 18.7 Å². The average Bonchev–Trinajstić information content (AvgIpc) is 2.88. The van der Waals surface area contributed by atoms with Crippen molar-refractivity contribution in [3.8, 4) is 17.4 Å². The SMILES string of the molecule is CCCN(C(=O)OS(=O)(=O)c1ccccc1Cl)c1c(OCCOC)cccc1Oc1ncc(C(F)(F)F)cc1Cl. The van der Waals surface area contributed by atoms with Gasteiger partial charge in [-0.3, -0.25) is 4.90 Å². The smallest absolute Gasteiger partial charge is 0.430 e. The van der Waals surface area contributed by atoms with Crippen LogP contribution in [0.2, 0.25) is 10.0 Å². The molecule has 0 saturated heterocycles. The van der Waals surface area contributed by atoms with Gasteiger partial charge in [0.05, 0.1) is 17.2 Å². The lowest BCUT2D eigenvalue weighted by Crippen LogP contribution is -2.34. The number of halogens is 5. The zero-order chi connectivity index (χ0) is 29.5. The van der Waals surface area contributed by atoms with Gasteiger partial charge < -0.3 is 18.4 Å². The minimum atomic E-state index is -4.69. The first kappa shape index (κ1) is 31.3. The third-order valence-electron chi connectivity index (χ3n) is 5.07. The van der Waals surface area contributed by atoms with Gasteiger partial charge in [0.25, 0.3) is 0 Å². The second kappa shape index (κ2) is 13.4. The van der Waals surface area contributed by atoms with Gasteiger partial charge in [-0.05, 0) is 36.8 Å². The van der Waals surface area contributed by atoms with Crippen LogP contribution < -0.4 is 14.4 Å². The highest BCUT2D eigenvalue weighted by atomic mass is 35.5. The fraction of sp³-hybridized carbons (Fsp3) is 0.280. The molecule has 40 heavy (non-hydrogen) atoms. The Bertz CT molecular complexity index is 1460. The van der Waals surface area contributed by atoms with Gasteiger partial charge in [-0.15, -0.1) is 0 Å². The van der Waals surface area contributed by atoms with Crippen molar-refractivity contribution < 1.29 is 44.8 Å². The summed E-state index contributed by atoms with van der Waals surface area (Å²) < 4.78 is 86.3. The summed E-state index contributed by atoms with van der Waals surface area (Å²) in [6, 6.07) is 10.4. The van der Waals surface area contributed by atoms with Crippen molar-refractivity contribution in [3.05, 3.63) is 70.3 Å². The molecule has 3 aromatic rings. The van der Waals surface area contributed by atoms with Gasteiger partial charge in [-0.1, -0.05) is 48.3 Å². The zero-order valence-electron chi connectivity index (χ0n) is 21.1. The van der Waals surface area contributed by atoms with Crippen LogP contribution >= 0.6 is 23.2 Å². The molecule has 9 nitrogen and oxygen atoms in total. The van der Waals surface area contributed by atoms with Crippen LogP contribution in [0.1, 0.15) is 18.9 Å². The largest absolute Gasteiger partial charge is 0.489 e. The Labute approximate surface area is 238 Å². The molecule has 1 heterocycles. The number of methoxy groups -OCH3 is 1. The van der Waals surface area contributed by atoms with Gasteiger partial charge in [-0.2, -0.15) is 21.6 Å². The minimum absolute atomic E-state index is 0.0270. The van der Waals surface area contributed by atoms with E-state index in [9.17, 15) is 26.4 Å². The molecule has 15 heteroatoms. The van der Waals surface area contributed by atoms with Crippen molar-refractivity contribution >= 4 is 45.1 Å². The molecule has 0 atom stereocenters. The number of aromatic nitrogens is 1. The third-order valence-corrected chi connectivity index (χ3v) is 7.04. The maximum absolute atomic E-state index is 13.3. The molecule has 1 amide bonds. The van der Waals surface area contributed by atoms with E-state index in [0.717, 1.165) is 4.90 Å². The van der Waals surface area contributed by atoms with E-state index in [4.69, 9.17) is 41.6 Å². The molecule has 0 radical (unpaired) electrons. The summed E-state index contributed by atoms with van der Waals surface area (Å²) in [4.78, 5) is 17.5. The van der Waals surface area contributed by atoms with Crippen LogP contribution in [0.25, 0.3) is 0 Å². The molecule has 0 bridgehead atoms. The summed E-state index contributed by atoms with van der Waals surface area (Å²) in [5.41, 5.74) is -1.18. The molecule has 2 aromatic carbocycles. The number of para-hydroxylation sites is 1. The maximum atomic E-state index is 13.3. The standard InChI is InChI=1S/C25H23Cl2F3N2O7S/c1-3-11-32(24(33)39-40(34,35)21-10-5-4-7-17(21)26)22-19(37-13-12-36-2)8-6-9-20(22)38-23-18(27)14-16(15-31-23)25(28,29)30/h4-10,14-15H,3,11-13H2,1-2H3. The van der Waals surface area contributed by atoms with Crippen LogP contribution in [0, 0.1) is 0 Å². The topological polar surface area (TPSA) is 104 Å². The number of anilines is 1. The molecule has 0 aliphatic rings. The summed E-state index contributed by atoms with van der Waals surface area (Å²) in [5, 5.41) is -0.620. The van der Waals surface area contributed by atoms with Crippen LogP contribution in [0.3, 0.4) is 0 Å². The number of alkyl halides is 3. The van der Waals surface area contributed by atoms with Crippen molar-refractivity contribution in [3.63, 3.8) is 0 Å². The summed E-state index contributed by atoms with van der Waals surface area (Å²) in [6.45, 7) is 1.83. The van der Waals surface area contributed by atoms with Gasteiger partial charge in [0, 0.05) is 19.9 Å². The number of nitrogens with zero attached hydrogens (tertiary/aromatic N) is 2. The van der Waals surface area contributed by atoms with Crippen LogP contribution in [-0.2, 0) is 25.2 Å². The molecule has 0 spiro atoms. The lowest BCUT2D eigenvalue weighted by Gasteiger charge is -2.26. The Morgan fingerprint density at radius 1 is 1.02 bits per heavy atom. The zero-order valence-corrected chi connectivity index (χ0v) is 23.4. The van der Waals surface area contributed by atoms with Gasteiger partial charge in [0.1, 0.15) is 28.0 Å². The molecule has 0 saturated carbocycles. The molecule has 1 aromatic heterocycles. The minimum Gasteiger partial charge on any atom is -0.489 e. The van der Waals surface area contributed by atoms with Gasteiger partial charge in [0.15, 0.2) is 5.75 Å². The first-order chi connectivity index (χ1) is 18.9. The second-order valence-corrected chi connectivity index (χ2v) is 10.3. The number of carbonyl (C=O) groups is 1. The number of hydrogen-bond donors (Lipinski definition) is 0. The number of benzene rings is 2. The highest BCUT2D eigenvalue weighted by Gasteiger charge is 2.33. The normalized spacial score (nSPS) is 11.7. The number of ether oxygens (including phenoxy) is 3. The van der Waals surface area contributed by atoms with E-state index < -0.39 is 43.7 Å². The molecule has 216 valence electrons. The molecule has 0 aliphatic carbocycles. The van der Waals surface area contributed by atoms with Gasteiger partial charge in [0.2, 0.25) is 5.88 Å². The monoisotopic (exact) mass is 622 g/mol. The lowest BCUT2D eigenvalue weighted by molar-refractivity contribution is -0.137. The molecule has 0 aliphatic heterocycles. The quantitative estimate of drug-likeness (QED) is 0.167. The van der Waals surface area contributed by atoms with Crippen LogP contribution in [0.5, 0.6) is 17.4 Å². The Kier molecular flexibility index (Phi) is 10.5. The summed E-state index contributed by atoms with van der Waals surface area (Å²) in [6.07, 6.45) is -5.15. The number of amides is 1. The predicted octanol–water partition coefficient (Wildman–Crippen LogP) is 6.97. The average molecular weight is 623 g/mol. The number of pyridine rings is 1. The number of rotatable bonds is 11. The predicted molar refractivity (Wildman–Crippen MR) is 141 cm³/mol. The Morgan fingerprint density at radius 2 is 1.73 bits per heavy atom. The first-order valence-electron chi connectivity index (χ1n) is 11.5. The van der Waals surface area contributed by atoms with Crippen molar-refractivity contribution in [2.24, 2.45) is 0 Å². The van der Waals surface area contributed by atoms with Crippen molar-refractivity contribution in [2.75, 3.05) is 31.8 Å². The van der Waals surface area contributed by atoms with E-state index in [1.807, 2.05) is 0 Å². The second-order valence-electron chi connectivity index (χ2n) is 7.94. The van der Waals surface area contributed by atoms with Crippen molar-refractivity contribution in [2.45, 2.75) is 24.4 Å². The van der Waals surface area contributed by atoms with E-state index in [2.05, 4.69) is 4.98 Å². The summed E-state index contributed by atoms with van der Waals surface area (Å²) >= 11 is 12.0. The summed E-state index contributed by atoms with van der Waals surface area (Å²) in [5.74, 6) is -0.485. The van der Waals surface area contributed by atoms with E-state index in [1.54, 1.807) is 6.92 Å². The lowest BCUT2D eigenvalue weighted by atomic mass is 10.2. The van der Waals surface area contributed by atoms with Crippen molar-refractivity contribution in [1.29, 1.82) is 0 Å². The Morgan fingerprint density at radius 3 is 2.35 bits per heavy atom. The molecule has 0 N–H and O–H groups in total. The Balaban J connectivity index is 2.07. The highest BCUT2D eigenvalue weighted by Crippen LogP contribution is 2.43. The van der Waals surface area contributed by atoms with Gasteiger partial charge in [-0.25, -0.2) is 9.78 Å². The van der Waals surface area contributed by atoms with Crippen LogP contribution in [-0.4, -0.2) is 46.4 Å². The number of hydrogen-bond acceptors (Lipinski definition) is 8. The third kappa shape index (κ3) is 7.68. The highest BCUT2D eigenvalue weighted by molar-refractivity contribution is 7.87. The van der Waals surface area contributed by atoms with E-state index in [-0.39, 0.29) is 42.0 Å². The van der Waals surface area contributed by atoms with Gasteiger partial charge >= 0.3 is 22.4 Å². The molecule has 0 fully saturated rings. The van der Waals surface area contributed by atoms with E-state index >= 15 is 0 Å².